The number of benzene rings is 3. The minimum absolute atomic E-state index is 0.119. The van der Waals surface area contributed by atoms with Crippen molar-refractivity contribution in [2.75, 3.05) is 25.6 Å². The fourth-order valence-electron chi connectivity index (χ4n) is 3.33. The Balaban J connectivity index is 2.22. The molecule has 3 aromatic rings. The van der Waals surface area contributed by atoms with E-state index < -0.39 is 16.1 Å². The Labute approximate surface area is 188 Å². The standard InChI is InChI=1S/C23H24ClNO5S/c1-16(22-15-20(29-3)10-13-23(22)30-4)25(18-6-5-7-19(14-18)28-2)31(26,27)21-11-8-17(24)9-12-21/h5-16H,1-4H3/t16-/m0/s1. The summed E-state index contributed by atoms with van der Waals surface area (Å²) in [6.07, 6.45) is 0. The summed E-state index contributed by atoms with van der Waals surface area (Å²) in [4.78, 5) is 0.119. The van der Waals surface area contributed by atoms with Crippen LogP contribution in [0.25, 0.3) is 0 Å². The first-order valence-corrected chi connectivity index (χ1v) is 11.3. The van der Waals surface area contributed by atoms with Crippen LogP contribution in [-0.2, 0) is 10.0 Å². The summed E-state index contributed by atoms with van der Waals surface area (Å²) in [7, 11) is 0.668. The monoisotopic (exact) mass is 461 g/mol. The van der Waals surface area contributed by atoms with Gasteiger partial charge in [0, 0.05) is 16.7 Å². The van der Waals surface area contributed by atoms with E-state index in [-0.39, 0.29) is 4.90 Å². The zero-order valence-electron chi connectivity index (χ0n) is 17.7. The zero-order valence-corrected chi connectivity index (χ0v) is 19.3. The first-order valence-electron chi connectivity index (χ1n) is 9.47. The van der Waals surface area contributed by atoms with Gasteiger partial charge in [0.05, 0.1) is 38.0 Å². The predicted octanol–water partition coefficient (Wildman–Crippen LogP) is 5.32. The topological polar surface area (TPSA) is 65.1 Å². The van der Waals surface area contributed by atoms with Gasteiger partial charge < -0.3 is 14.2 Å². The van der Waals surface area contributed by atoms with Crippen molar-refractivity contribution in [2.45, 2.75) is 17.9 Å². The van der Waals surface area contributed by atoms with Gasteiger partial charge in [-0.1, -0.05) is 17.7 Å². The van der Waals surface area contributed by atoms with Crippen molar-refractivity contribution < 1.29 is 22.6 Å². The number of halogens is 1. The molecule has 0 saturated carbocycles. The second-order valence-electron chi connectivity index (χ2n) is 6.74. The SMILES string of the molecule is COc1cccc(N([C@@H](C)c2cc(OC)ccc2OC)S(=O)(=O)c2ccc(Cl)cc2)c1. The van der Waals surface area contributed by atoms with E-state index in [0.717, 1.165) is 0 Å². The van der Waals surface area contributed by atoms with Gasteiger partial charge in [-0.3, -0.25) is 4.31 Å². The normalized spacial score (nSPS) is 12.2. The highest BCUT2D eigenvalue weighted by atomic mass is 35.5. The third-order valence-corrected chi connectivity index (χ3v) is 7.08. The second kappa shape index (κ2) is 9.49. The van der Waals surface area contributed by atoms with Crippen molar-refractivity contribution in [3.63, 3.8) is 0 Å². The highest BCUT2D eigenvalue weighted by molar-refractivity contribution is 7.92. The van der Waals surface area contributed by atoms with Crippen molar-refractivity contribution in [1.29, 1.82) is 0 Å². The van der Waals surface area contributed by atoms with Crippen LogP contribution in [0.3, 0.4) is 0 Å². The van der Waals surface area contributed by atoms with Gasteiger partial charge in [0.2, 0.25) is 0 Å². The number of sulfonamides is 1. The molecule has 0 aliphatic carbocycles. The molecular weight excluding hydrogens is 438 g/mol. The highest BCUT2D eigenvalue weighted by Crippen LogP contribution is 2.39. The molecule has 0 bridgehead atoms. The third-order valence-electron chi connectivity index (χ3n) is 4.92. The molecule has 0 radical (unpaired) electrons. The van der Waals surface area contributed by atoms with Gasteiger partial charge in [-0.05, 0) is 61.5 Å². The minimum Gasteiger partial charge on any atom is -0.497 e. The summed E-state index contributed by atoms with van der Waals surface area (Å²) in [5, 5.41) is 0.453. The molecule has 1 atom stereocenters. The van der Waals surface area contributed by atoms with Crippen LogP contribution < -0.4 is 18.5 Å². The number of hydrogen-bond donors (Lipinski definition) is 0. The van der Waals surface area contributed by atoms with Gasteiger partial charge in [0.15, 0.2) is 0 Å². The van der Waals surface area contributed by atoms with Crippen molar-refractivity contribution in [2.24, 2.45) is 0 Å². The summed E-state index contributed by atoms with van der Waals surface area (Å²) < 4.78 is 45.1. The van der Waals surface area contributed by atoms with Gasteiger partial charge in [-0.2, -0.15) is 0 Å². The largest absolute Gasteiger partial charge is 0.497 e. The van der Waals surface area contributed by atoms with Crippen molar-refractivity contribution >= 4 is 27.3 Å². The Morgan fingerprint density at radius 1 is 0.839 bits per heavy atom. The molecule has 8 heteroatoms. The summed E-state index contributed by atoms with van der Waals surface area (Å²) in [5.74, 6) is 1.68. The molecule has 0 heterocycles. The first kappa shape index (κ1) is 22.8. The maximum Gasteiger partial charge on any atom is 0.264 e. The average Bonchev–Trinajstić information content (AvgIpc) is 2.78. The van der Waals surface area contributed by atoms with Gasteiger partial charge in [-0.15, -0.1) is 0 Å². The summed E-state index contributed by atoms with van der Waals surface area (Å²) in [5.41, 5.74) is 1.11. The molecule has 3 aromatic carbocycles. The molecule has 0 amide bonds. The maximum atomic E-state index is 13.8. The van der Waals surface area contributed by atoms with Crippen LogP contribution in [0.4, 0.5) is 5.69 Å². The zero-order chi connectivity index (χ0) is 22.6. The Hall–Kier alpha value is -2.90. The van der Waals surface area contributed by atoms with Crippen LogP contribution in [0.5, 0.6) is 17.2 Å². The minimum atomic E-state index is -3.97. The number of hydrogen-bond acceptors (Lipinski definition) is 5. The molecule has 0 aromatic heterocycles. The lowest BCUT2D eigenvalue weighted by Crippen LogP contribution is -2.34. The summed E-state index contributed by atoms with van der Waals surface area (Å²) in [6, 6.07) is 17.6. The van der Waals surface area contributed by atoms with E-state index >= 15 is 0 Å². The van der Waals surface area contributed by atoms with Crippen LogP contribution in [-0.4, -0.2) is 29.7 Å². The lowest BCUT2D eigenvalue weighted by molar-refractivity contribution is 0.396. The van der Waals surface area contributed by atoms with E-state index in [1.807, 2.05) is 0 Å². The Kier molecular flexibility index (Phi) is 6.97. The molecular formula is C23H24ClNO5S. The molecule has 6 nitrogen and oxygen atoms in total. The van der Waals surface area contributed by atoms with Crippen LogP contribution in [0.15, 0.2) is 71.6 Å². The van der Waals surface area contributed by atoms with Crippen LogP contribution in [0.2, 0.25) is 5.02 Å². The van der Waals surface area contributed by atoms with Gasteiger partial charge in [-0.25, -0.2) is 8.42 Å². The molecule has 0 N–H and O–H groups in total. The quantitative estimate of drug-likeness (QED) is 0.454. The lowest BCUT2D eigenvalue weighted by Gasteiger charge is -2.32. The van der Waals surface area contributed by atoms with E-state index in [1.54, 1.807) is 75.7 Å². The number of rotatable bonds is 8. The fraction of sp³-hybridized carbons (Fsp3) is 0.217. The summed E-state index contributed by atoms with van der Waals surface area (Å²) >= 11 is 5.97. The molecule has 164 valence electrons. The number of anilines is 1. The van der Waals surface area contributed by atoms with Crippen molar-refractivity contribution in [3.05, 3.63) is 77.3 Å². The molecule has 3 rings (SSSR count). The van der Waals surface area contributed by atoms with Crippen LogP contribution in [0.1, 0.15) is 18.5 Å². The average molecular weight is 462 g/mol. The van der Waals surface area contributed by atoms with Crippen LogP contribution >= 0.6 is 11.6 Å². The van der Waals surface area contributed by atoms with Crippen molar-refractivity contribution in [3.8, 4) is 17.2 Å². The fourth-order valence-corrected chi connectivity index (χ4v) is 5.08. The number of ether oxygens (including phenoxy) is 3. The van der Waals surface area contributed by atoms with Gasteiger partial charge >= 0.3 is 0 Å². The third kappa shape index (κ3) is 4.73. The van der Waals surface area contributed by atoms with Gasteiger partial charge in [0.1, 0.15) is 17.2 Å². The molecule has 0 aliphatic heterocycles. The number of methoxy groups -OCH3 is 3. The smallest absolute Gasteiger partial charge is 0.264 e. The molecule has 0 fully saturated rings. The Morgan fingerprint density at radius 3 is 2.10 bits per heavy atom. The Morgan fingerprint density at radius 2 is 1.48 bits per heavy atom. The number of nitrogens with zero attached hydrogens (tertiary/aromatic N) is 1. The van der Waals surface area contributed by atoms with Crippen LogP contribution in [0, 0.1) is 0 Å². The lowest BCUT2D eigenvalue weighted by atomic mass is 10.1. The van der Waals surface area contributed by atoms with E-state index in [2.05, 4.69) is 0 Å². The maximum absolute atomic E-state index is 13.8. The molecule has 0 spiro atoms. The first-order chi connectivity index (χ1) is 14.8. The van der Waals surface area contributed by atoms with E-state index in [9.17, 15) is 8.42 Å². The molecule has 31 heavy (non-hydrogen) atoms. The van der Waals surface area contributed by atoms with E-state index in [4.69, 9.17) is 25.8 Å². The van der Waals surface area contributed by atoms with Gasteiger partial charge in [0.25, 0.3) is 10.0 Å². The predicted molar refractivity (Wildman–Crippen MR) is 122 cm³/mol. The van der Waals surface area contributed by atoms with E-state index in [1.165, 1.54) is 23.5 Å². The van der Waals surface area contributed by atoms with Crippen molar-refractivity contribution in [1.82, 2.24) is 0 Å². The Bertz CT molecular complexity index is 1150. The second-order valence-corrected chi connectivity index (χ2v) is 8.99. The molecule has 0 aliphatic rings. The highest BCUT2D eigenvalue weighted by Gasteiger charge is 2.32. The molecule has 0 unspecified atom stereocenters. The van der Waals surface area contributed by atoms with E-state index in [0.29, 0.717) is 33.5 Å². The molecule has 0 saturated heterocycles. The summed E-state index contributed by atoms with van der Waals surface area (Å²) in [6.45, 7) is 1.80.